The number of ether oxygens (including phenoxy) is 2. The van der Waals surface area contributed by atoms with Crippen LogP contribution in [0.3, 0.4) is 0 Å². The molecule has 12 heteroatoms. The lowest BCUT2D eigenvalue weighted by molar-refractivity contribution is -0.140. The number of anilines is 1. The number of hydrogen-bond acceptors (Lipinski definition) is 6. The molecule has 2 amide bonds. The summed E-state index contributed by atoms with van der Waals surface area (Å²) in [6.45, 7) is 3.15. The second-order valence-corrected chi connectivity index (χ2v) is 13.8. The zero-order chi connectivity index (χ0) is 34.8. The van der Waals surface area contributed by atoms with Crippen molar-refractivity contribution in [3.63, 3.8) is 0 Å². The lowest BCUT2D eigenvalue weighted by atomic mass is 10.0. The smallest absolute Gasteiger partial charge is 0.264 e. The van der Waals surface area contributed by atoms with E-state index in [0.717, 1.165) is 9.87 Å². The van der Waals surface area contributed by atoms with Crippen LogP contribution in [0.5, 0.6) is 11.5 Å². The Labute approximate surface area is 292 Å². The van der Waals surface area contributed by atoms with Gasteiger partial charge < -0.3 is 19.7 Å². The highest BCUT2D eigenvalue weighted by molar-refractivity contribution is 7.92. The van der Waals surface area contributed by atoms with Crippen LogP contribution in [0.2, 0.25) is 10.0 Å². The maximum Gasteiger partial charge on any atom is 0.264 e. The Balaban J connectivity index is 1.84. The molecule has 4 aromatic carbocycles. The van der Waals surface area contributed by atoms with Gasteiger partial charge in [0.2, 0.25) is 11.8 Å². The average molecular weight is 713 g/mol. The molecule has 0 aliphatic heterocycles. The summed E-state index contributed by atoms with van der Waals surface area (Å²) in [6.07, 6.45) is 0.860. The van der Waals surface area contributed by atoms with Crippen LogP contribution in [0.4, 0.5) is 5.69 Å². The molecule has 254 valence electrons. The van der Waals surface area contributed by atoms with E-state index in [2.05, 4.69) is 5.32 Å². The largest absolute Gasteiger partial charge is 0.493 e. The van der Waals surface area contributed by atoms with E-state index >= 15 is 0 Å². The minimum absolute atomic E-state index is 0.0468. The third kappa shape index (κ3) is 9.00. The molecule has 4 aromatic rings. The van der Waals surface area contributed by atoms with E-state index in [1.54, 1.807) is 24.3 Å². The first-order valence-electron chi connectivity index (χ1n) is 15.4. The van der Waals surface area contributed by atoms with E-state index in [1.807, 2.05) is 44.2 Å². The second kappa shape index (κ2) is 16.7. The molecule has 0 saturated heterocycles. The third-order valence-corrected chi connectivity index (χ3v) is 10.3. The Morgan fingerprint density at radius 2 is 1.50 bits per heavy atom. The molecule has 48 heavy (non-hydrogen) atoms. The fourth-order valence-electron chi connectivity index (χ4n) is 5.05. The van der Waals surface area contributed by atoms with Gasteiger partial charge >= 0.3 is 0 Å². The Hall–Kier alpha value is -4.25. The lowest BCUT2D eigenvalue weighted by Gasteiger charge is -2.34. The standard InChI is InChI=1S/C36H39Cl2N3O6S/c1-5-25(2)39-36(43)32(21-26-11-7-6-8-12-26)40(23-27-13-9-10-14-31(27)38)35(42)24-41(29-17-15-28(37)16-18-29)48(44,45)30-19-20-33(46-3)34(22-30)47-4/h6-20,22,25,32H,5,21,23-24H2,1-4H3,(H,39,43)/t25-,32+/m0/s1. The molecular formula is C36H39Cl2N3O6S. The van der Waals surface area contributed by atoms with Crippen molar-refractivity contribution in [3.05, 3.63) is 118 Å². The molecular weight excluding hydrogens is 673 g/mol. The van der Waals surface area contributed by atoms with Gasteiger partial charge in [-0.1, -0.05) is 78.7 Å². The molecule has 0 radical (unpaired) electrons. The first-order chi connectivity index (χ1) is 23.0. The van der Waals surface area contributed by atoms with Gasteiger partial charge in [0, 0.05) is 35.1 Å². The first kappa shape index (κ1) is 36.6. The molecule has 2 atom stereocenters. The zero-order valence-electron chi connectivity index (χ0n) is 27.2. The van der Waals surface area contributed by atoms with Crippen molar-refractivity contribution < 1.29 is 27.5 Å². The molecule has 0 aromatic heterocycles. The van der Waals surface area contributed by atoms with Crippen LogP contribution in [0.25, 0.3) is 0 Å². The summed E-state index contributed by atoms with van der Waals surface area (Å²) in [4.78, 5) is 29.9. The maximum absolute atomic E-state index is 14.6. The molecule has 0 saturated carbocycles. The van der Waals surface area contributed by atoms with Crippen molar-refractivity contribution in [3.8, 4) is 11.5 Å². The summed E-state index contributed by atoms with van der Waals surface area (Å²) in [6, 6.07) is 25.5. The third-order valence-electron chi connectivity index (χ3n) is 7.91. The lowest BCUT2D eigenvalue weighted by Crippen LogP contribution is -2.54. The number of nitrogens with zero attached hydrogens (tertiary/aromatic N) is 2. The quantitative estimate of drug-likeness (QED) is 0.146. The van der Waals surface area contributed by atoms with E-state index in [9.17, 15) is 18.0 Å². The van der Waals surface area contributed by atoms with Gasteiger partial charge in [0.25, 0.3) is 10.0 Å². The van der Waals surface area contributed by atoms with Crippen molar-refractivity contribution in [1.82, 2.24) is 10.2 Å². The van der Waals surface area contributed by atoms with Crippen molar-refractivity contribution in [2.24, 2.45) is 0 Å². The van der Waals surface area contributed by atoms with Crippen molar-refractivity contribution in [2.45, 2.75) is 50.2 Å². The Morgan fingerprint density at radius 3 is 2.12 bits per heavy atom. The van der Waals surface area contributed by atoms with Gasteiger partial charge in [-0.05, 0) is 66.9 Å². The zero-order valence-corrected chi connectivity index (χ0v) is 29.6. The van der Waals surface area contributed by atoms with Gasteiger partial charge in [-0.25, -0.2) is 8.42 Å². The summed E-state index contributed by atoms with van der Waals surface area (Å²) in [5.74, 6) is -0.443. The minimum Gasteiger partial charge on any atom is -0.493 e. The molecule has 0 spiro atoms. The normalized spacial score (nSPS) is 12.5. The molecule has 0 aliphatic carbocycles. The summed E-state index contributed by atoms with van der Waals surface area (Å²) in [7, 11) is -1.53. The van der Waals surface area contributed by atoms with Crippen LogP contribution in [-0.2, 0) is 32.6 Å². The number of sulfonamides is 1. The summed E-state index contributed by atoms with van der Waals surface area (Å²) in [5, 5.41) is 3.81. The van der Waals surface area contributed by atoms with Gasteiger partial charge in [0.05, 0.1) is 24.8 Å². The van der Waals surface area contributed by atoms with Crippen LogP contribution >= 0.6 is 23.2 Å². The number of carbonyl (C=O) groups is 2. The van der Waals surface area contributed by atoms with Gasteiger partial charge in [-0.2, -0.15) is 0 Å². The Bertz CT molecular complexity index is 1810. The van der Waals surface area contributed by atoms with Crippen LogP contribution in [0.1, 0.15) is 31.4 Å². The number of benzene rings is 4. The molecule has 0 heterocycles. The highest BCUT2D eigenvalue weighted by atomic mass is 35.5. The topological polar surface area (TPSA) is 105 Å². The van der Waals surface area contributed by atoms with Crippen LogP contribution < -0.4 is 19.1 Å². The van der Waals surface area contributed by atoms with Crippen molar-refractivity contribution >= 4 is 50.7 Å². The molecule has 0 bridgehead atoms. The summed E-state index contributed by atoms with van der Waals surface area (Å²) < 4.78 is 40.4. The Kier molecular flexibility index (Phi) is 12.7. The highest BCUT2D eigenvalue weighted by Gasteiger charge is 2.35. The van der Waals surface area contributed by atoms with E-state index in [4.69, 9.17) is 32.7 Å². The number of nitrogens with one attached hydrogen (secondary N) is 1. The molecule has 0 aliphatic rings. The second-order valence-electron chi connectivity index (χ2n) is 11.1. The van der Waals surface area contributed by atoms with E-state index < -0.39 is 28.5 Å². The number of rotatable bonds is 15. The predicted molar refractivity (Wildman–Crippen MR) is 189 cm³/mol. The minimum atomic E-state index is -4.38. The van der Waals surface area contributed by atoms with Gasteiger partial charge in [-0.15, -0.1) is 0 Å². The Morgan fingerprint density at radius 1 is 0.854 bits per heavy atom. The number of methoxy groups -OCH3 is 2. The van der Waals surface area contributed by atoms with Crippen molar-refractivity contribution in [1.29, 1.82) is 0 Å². The van der Waals surface area contributed by atoms with Crippen LogP contribution in [-0.4, -0.2) is 58.0 Å². The monoisotopic (exact) mass is 711 g/mol. The molecule has 1 N–H and O–H groups in total. The number of hydrogen-bond donors (Lipinski definition) is 1. The van der Waals surface area contributed by atoms with Crippen LogP contribution in [0.15, 0.2) is 102 Å². The van der Waals surface area contributed by atoms with E-state index in [0.29, 0.717) is 27.8 Å². The van der Waals surface area contributed by atoms with Gasteiger partial charge in [0.15, 0.2) is 11.5 Å². The van der Waals surface area contributed by atoms with Crippen molar-refractivity contribution in [2.75, 3.05) is 25.1 Å². The molecule has 9 nitrogen and oxygen atoms in total. The number of carbonyl (C=O) groups excluding carboxylic acids is 2. The summed E-state index contributed by atoms with van der Waals surface area (Å²) >= 11 is 12.7. The number of amides is 2. The maximum atomic E-state index is 14.6. The fourth-order valence-corrected chi connectivity index (χ4v) is 6.80. The van der Waals surface area contributed by atoms with E-state index in [1.165, 1.54) is 61.6 Å². The molecule has 0 unspecified atom stereocenters. The molecule has 0 fully saturated rings. The summed E-state index contributed by atoms with van der Waals surface area (Å²) in [5.41, 5.74) is 1.62. The van der Waals surface area contributed by atoms with Crippen LogP contribution in [0, 0.1) is 0 Å². The predicted octanol–water partition coefficient (Wildman–Crippen LogP) is 6.76. The highest BCUT2D eigenvalue weighted by Crippen LogP contribution is 2.33. The van der Waals surface area contributed by atoms with E-state index in [-0.39, 0.29) is 41.2 Å². The van der Waals surface area contributed by atoms with Gasteiger partial charge in [-0.3, -0.25) is 13.9 Å². The SMILES string of the molecule is CC[C@H](C)NC(=O)[C@@H](Cc1ccccc1)N(Cc1ccccc1Cl)C(=O)CN(c1ccc(Cl)cc1)S(=O)(=O)c1ccc(OC)c(OC)c1. The van der Waals surface area contributed by atoms with Gasteiger partial charge in [0.1, 0.15) is 12.6 Å². The number of halogens is 2. The fraction of sp³-hybridized carbons (Fsp3) is 0.278. The molecule has 4 rings (SSSR count). The first-order valence-corrected chi connectivity index (χ1v) is 17.6. The average Bonchev–Trinajstić information content (AvgIpc) is 3.09.